The minimum Gasteiger partial charge on any atom is -0.361 e. The Kier molecular flexibility index (Phi) is 7.62. The molecule has 2 aromatic heterocycles. The number of rotatable bonds is 9. The lowest BCUT2D eigenvalue weighted by Gasteiger charge is -2.20. The number of hydrogen-bond acceptors (Lipinski definition) is 4. The van der Waals surface area contributed by atoms with Crippen LogP contribution in [-0.2, 0) is 11.2 Å². The minimum atomic E-state index is -0.814. The van der Waals surface area contributed by atoms with E-state index in [0.29, 0.717) is 35.6 Å². The van der Waals surface area contributed by atoms with Crippen molar-refractivity contribution in [2.24, 2.45) is 0 Å². The topological polar surface area (TPSA) is 94.3 Å². The maximum Gasteiger partial charge on any atom is 0.262 e. The van der Waals surface area contributed by atoms with E-state index < -0.39 is 6.04 Å². The molecule has 35 heavy (non-hydrogen) atoms. The van der Waals surface area contributed by atoms with Crippen LogP contribution in [0, 0.1) is 0 Å². The van der Waals surface area contributed by atoms with Gasteiger partial charge in [-0.05, 0) is 55.1 Å². The number of H-pyrrole nitrogens is 1. The van der Waals surface area contributed by atoms with Gasteiger partial charge in [0.25, 0.3) is 11.8 Å². The number of thiophene rings is 1. The number of nitrogens with zero attached hydrogens (tertiary/aromatic N) is 1. The van der Waals surface area contributed by atoms with Crippen molar-refractivity contribution in [1.29, 1.82) is 0 Å². The number of anilines is 1. The average Bonchev–Trinajstić information content (AvgIpc) is 3.55. The summed E-state index contributed by atoms with van der Waals surface area (Å²) in [6.45, 7) is 5.07. The van der Waals surface area contributed by atoms with Gasteiger partial charge in [-0.1, -0.05) is 30.3 Å². The zero-order chi connectivity index (χ0) is 24.8. The van der Waals surface area contributed by atoms with Crippen molar-refractivity contribution in [3.8, 4) is 0 Å². The van der Waals surface area contributed by atoms with Gasteiger partial charge in [0.05, 0.1) is 4.88 Å². The molecular formula is C27H28N4O3S. The molecule has 0 radical (unpaired) electrons. The van der Waals surface area contributed by atoms with Crippen molar-refractivity contribution in [2.75, 3.05) is 18.4 Å². The maximum absolute atomic E-state index is 13.4. The molecular weight excluding hydrogens is 460 g/mol. The molecule has 0 aliphatic carbocycles. The van der Waals surface area contributed by atoms with Crippen LogP contribution in [0.1, 0.15) is 39.4 Å². The highest BCUT2D eigenvalue weighted by Crippen LogP contribution is 2.21. The van der Waals surface area contributed by atoms with Gasteiger partial charge in [-0.25, -0.2) is 0 Å². The summed E-state index contributed by atoms with van der Waals surface area (Å²) in [6, 6.07) is 17.4. The molecule has 3 amide bonds. The van der Waals surface area contributed by atoms with E-state index in [1.54, 1.807) is 41.3 Å². The van der Waals surface area contributed by atoms with Gasteiger partial charge in [0.15, 0.2) is 0 Å². The van der Waals surface area contributed by atoms with Crippen molar-refractivity contribution in [3.05, 3.63) is 88.2 Å². The van der Waals surface area contributed by atoms with Crippen LogP contribution in [0.4, 0.5) is 5.69 Å². The fourth-order valence-electron chi connectivity index (χ4n) is 4.02. The normalized spacial score (nSPS) is 11.7. The van der Waals surface area contributed by atoms with Crippen LogP contribution >= 0.6 is 11.3 Å². The van der Waals surface area contributed by atoms with Gasteiger partial charge in [0.2, 0.25) is 5.91 Å². The van der Waals surface area contributed by atoms with Gasteiger partial charge >= 0.3 is 0 Å². The fourth-order valence-corrected chi connectivity index (χ4v) is 4.65. The second-order valence-corrected chi connectivity index (χ2v) is 9.06. The summed E-state index contributed by atoms with van der Waals surface area (Å²) in [6.07, 6.45) is 2.18. The van der Waals surface area contributed by atoms with Gasteiger partial charge in [-0.15, -0.1) is 11.3 Å². The van der Waals surface area contributed by atoms with E-state index in [1.807, 2.05) is 49.7 Å². The quantitative estimate of drug-likeness (QED) is 0.319. The van der Waals surface area contributed by atoms with E-state index in [2.05, 4.69) is 15.6 Å². The summed E-state index contributed by atoms with van der Waals surface area (Å²) in [5, 5.41) is 8.60. The van der Waals surface area contributed by atoms with Crippen LogP contribution in [0.2, 0.25) is 0 Å². The third-order valence-corrected chi connectivity index (χ3v) is 6.76. The van der Waals surface area contributed by atoms with Crippen LogP contribution in [-0.4, -0.2) is 46.7 Å². The Bertz CT molecular complexity index is 1330. The SMILES string of the molecule is CCN(CC)C(=O)c1cccc(NC(=O)[C@@H](Cc2c[nH]c3ccccc23)NC(=O)c2cccs2)c1. The van der Waals surface area contributed by atoms with Crippen molar-refractivity contribution in [1.82, 2.24) is 15.2 Å². The summed E-state index contributed by atoms with van der Waals surface area (Å²) in [7, 11) is 0. The molecule has 1 atom stereocenters. The van der Waals surface area contributed by atoms with E-state index >= 15 is 0 Å². The number of para-hydroxylation sites is 1. The Morgan fingerprint density at radius 2 is 1.80 bits per heavy atom. The second kappa shape index (κ2) is 11.0. The molecule has 180 valence electrons. The van der Waals surface area contributed by atoms with Crippen LogP contribution < -0.4 is 10.6 Å². The molecule has 0 unspecified atom stereocenters. The molecule has 0 aliphatic rings. The molecule has 0 bridgehead atoms. The van der Waals surface area contributed by atoms with Gasteiger partial charge < -0.3 is 20.5 Å². The third-order valence-electron chi connectivity index (χ3n) is 5.89. The predicted molar refractivity (Wildman–Crippen MR) is 140 cm³/mol. The third kappa shape index (κ3) is 5.60. The molecule has 0 saturated carbocycles. The molecule has 4 rings (SSSR count). The fraction of sp³-hybridized carbons (Fsp3) is 0.222. The Morgan fingerprint density at radius 3 is 2.54 bits per heavy atom. The molecule has 2 heterocycles. The largest absolute Gasteiger partial charge is 0.361 e. The van der Waals surface area contributed by atoms with Crippen molar-refractivity contribution < 1.29 is 14.4 Å². The molecule has 4 aromatic rings. The second-order valence-electron chi connectivity index (χ2n) is 8.11. The number of nitrogens with one attached hydrogen (secondary N) is 3. The summed E-state index contributed by atoms with van der Waals surface area (Å²) in [5.74, 6) is -0.745. The van der Waals surface area contributed by atoms with Gasteiger partial charge in [0.1, 0.15) is 6.04 Å². The molecule has 3 N–H and O–H groups in total. The standard InChI is InChI=1S/C27H28N4O3S/c1-3-31(4-2)27(34)18-9-7-10-20(15-18)29-25(32)23(30-26(33)24-13-8-14-35-24)16-19-17-28-22-12-6-5-11-21(19)22/h5-15,17,23,28H,3-4,16H2,1-2H3,(H,29,32)(H,30,33)/t23-/m1/s1. The van der Waals surface area contributed by atoms with Crippen LogP contribution in [0.5, 0.6) is 0 Å². The Hall–Kier alpha value is -3.91. The lowest BCUT2D eigenvalue weighted by atomic mass is 10.0. The number of carbonyl (C=O) groups is 3. The van der Waals surface area contributed by atoms with Gasteiger partial charge in [-0.2, -0.15) is 0 Å². The zero-order valence-electron chi connectivity index (χ0n) is 19.7. The summed E-state index contributed by atoms with van der Waals surface area (Å²) >= 11 is 1.32. The van der Waals surface area contributed by atoms with Crippen LogP contribution in [0.25, 0.3) is 10.9 Å². The highest BCUT2D eigenvalue weighted by molar-refractivity contribution is 7.12. The van der Waals surface area contributed by atoms with E-state index in [-0.39, 0.29) is 17.7 Å². The first-order chi connectivity index (χ1) is 17.0. The smallest absolute Gasteiger partial charge is 0.262 e. The van der Waals surface area contributed by atoms with E-state index in [1.165, 1.54) is 11.3 Å². The lowest BCUT2D eigenvalue weighted by molar-refractivity contribution is -0.118. The molecule has 0 aliphatic heterocycles. The zero-order valence-corrected chi connectivity index (χ0v) is 20.5. The summed E-state index contributed by atoms with van der Waals surface area (Å²) in [5.41, 5.74) is 2.90. The van der Waals surface area contributed by atoms with E-state index in [0.717, 1.165) is 16.5 Å². The molecule has 2 aromatic carbocycles. The number of hydrogen-bond donors (Lipinski definition) is 3. The predicted octanol–water partition coefficient (Wildman–Crippen LogP) is 4.69. The Labute approximate surface area is 208 Å². The van der Waals surface area contributed by atoms with Gasteiger partial charge in [0, 0.05) is 47.9 Å². The Balaban J connectivity index is 1.57. The van der Waals surface area contributed by atoms with Crippen LogP contribution in [0.15, 0.2) is 72.2 Å². The first kappa shape index (κ1) is 24.2. The van der Waals surface area contributed by atoms with E-state index in [4.69, 9.17) is 0 Å². The monoisotopic (exact) mass is 488 g/mol. The molecule has 0 spiro atoms. The highest BCUT2D eigenvalue weighted by atomic mass is 32.1. The first-order valence-electron chi connectivity index (χ1n) is 11.6. The maximum atomic E-state index is 13.4. The number of amides is 3. The molecule has 0 fully saturated rings. The average molecular weight is 489 g/mol. The molecule has 0 saturated heterocycles. The summed E-state index contributed by atoms with van der Waals surface area (Å²) < 4.78 is 0. The highest BCUT2D eigenvalue weighted by Gasteiger charge is 2.24. The molecule has 7 nitrogen and oxygen atoms in total. The molecule has 8 heteroatoms. The number of fused-ring (bicyclic) bond motifs is 1. The number of benzene rings is 2. The number of carbonyl (C=O) groups excluding carboxylic acids is 3. The summed E-state index contributed by atoms with van der Waals surface area (Å²) in [4.78, 5) is 44.4. The first-order valence-corrected chi connectivity index (χ1v) is 12.5. The van der Waals surface area contributed by atoms with E-state index in [9.17, 15) is 14.4 Å². The van der Waals surface area contributed by atoms with Crippen LogP contribution in [0.3, 0.4) is 0 Å². The van der Waals surface area contributed by atoms with Crippen molar-refractivity contribution in [2.45, 2.75) is 26.3 Å². The Morgan fingerprint density at radius 1 is 1.00 bits per heavy atom. The number of aromatic nitrogens is 1. The number of aromatic amines is 1. The minimum absolute atomic E-state index is 0.0903. The van der Waals surface area contributed by atoms with Gasteiger partial charge in [-0.3, -0.25) is 14.4 Å². The van der Waals surface area contributed by atoms with Crippen molar-refractivity contribution in [3.63, 3.8) is 0 Å². The lowest BCUT2D eigenvalue weighted by Crippen LogP contribution is -2.45. The van der Waals surface area contributed by atoms with Crippen molar-refractivity contribution >= 4 is 45.6 Å².